The van der Waals surface area contributed by atoms with E-state index in [0.717, 1.165) is 22.3 Å². The Balaban J connectivity index is 2.43. The Labute approximate surface area is 98.7 Å². The standard InChI is InChI=1S/C14H10ClF/c1-8-4-2-5-9-12(8)13-10(14(9)15)6-3-7-11(13)16/h2-7,14H,1H3. The van der Waals surface area contributed by atoms with Gasteiger partial charge in [0.2, 0.25) is 0 Å². The number of halogens is 2. The Morgan fingerprint density at radius 1 is 1.00 bits per heavy atom. The summed E-state index contributed by atoms with van der Waals surface area (Å²) in [6, 6.07) is 11.0. The zero-order valence-corrected chi connectivity index (χ0v) is 9.55. The fourth-order valence-electron chi connectivity index (χ4n) is 2.43. The Morgan fingerprint density at radius 2 is 1.62 bits per heavy atom. The van der Waals surface area contributed by atoms with E-state index in [0.29, 0.717) is 5.56 Å². The first-order chi connectivity index (χ1) is 7.70. The van der Waals surface area contributed by atoms with Crippen LogP contribution in [0.3, 0.4) is 0 Å². The zero-order chi connectivity index (χ0) is 11.3. The normalized spacial score (nSPS) is 17.1. The number of rotatable bonds is 0. The summed E-state index contributed by atoms with van der Waals surface area (Å²) in [6.07, 6.45) is 0. The highest BCUT2D eigenvalue weighted by atomic mass is 35.5. The van der Waals surface area contributed by atoms with Crippen LogP contribution in [0.25, 0.3) is 11.1 Å². The minimum Gasteiger partial charge on any atom is -0.206 e. The molecule has 0 saturated heterocycles. The number of hydrogen-bond donors (Lipinski definition) is 0. The fraction of sp³-hybridized carbons (Fsp3) is 0.143. The molecule has 0 spiro atoms. The van der Waals surface area contributed by atoms with Gasteiger partial charge < -0.3 is 0 Å². The molecular weight excluding hydrogens is 223 g/mol. The van der Waals surface area contributed by atoms with Gasteiger partial charge in [0.15, 0.2) is 0 Å². The Hall–Kier alpha value is -1.34. The monoisotopic (exact) mass is 232 g/mol. The average Bonchev–Trinajstić information content (AvgIpc) is 2.56. The third kappa shape index (κ3) is 1.15. The molecule has 1 atom stereocenters. The van der Waals surface area contributed by atoms with Crippen molar-refractivity contribution in [2.75, 3.05) is 0 Å². The van der Waals surface area contributed by atoms with Crippen molar-refractivity contribution in [1.82, 2.24) is 0 Å². The molecule has 0 saturated carbocycles. The number of fused-ring (bicyclic) bond motifs is 3. The van der Waals surface area contributed by atoms with Gasteiger partial charge in [-0.2, -0.15) is 0 Å². The predicted molar refractivity (Wildman–Crippen MR) is 64.3 cm³/mol. The second kappa shape index (κ2) is 3.33. The molecule has 0 heterocycles. The van der Waals surface area contributed by atoms with Gasteiger partial charge in [-0.25, -0.2) is 4.39 Å². The summed E-state index contributed by atoms with van der Waals surface area (Å²) in [5.41, 5.74) is 4.62. The van der Waals surface area contributed by atoms with Crippen molar-refractivity contribution < 1.29 is 4.39 Å². The molecule has 3 rings (SSSR count). The molecule has 0 fully saturated rings. The highest BCUT2D eigenvalue weighted by Gasteiger charge is 2.30. The molecular formula is C14H10ClF. The highest BCUT2D eigenvalue weighted by molar-refractivity contribution is 6.24. The molecule has 16 heavy (non-hydrogen) atoms. The molecule has 0 nitrogen and oxygen atoms in total. The highest BCUT2D eigenvalue weighted by Crippen LogP contribution is 2.48. The van der Waals surface area contributed by atoms with Gasteiger partial charge in [0.25, 0.3) is 0 Å². The van der Waals surface area contributed by atoms with Crippen molar-refractivity contribution in [2.24, 2.45) is 0 Å². The third-order valence-electron chi connectivity index (χ3n) is 3.15. The van der Waals surface area contributed by atoms with E-state index < -0.39 is 0 Å². The molecule has 0 N–H and O–H groups in total. The van der Waals surface area contributed by atoms with Crippen LogP contribution in [-0.4, -0.2) is 0 Å². The number of hydrogen-bond acceptors (Lipinski definition) is 0. The minimum atomic E-state index is -0.222. The van der Waals surface area contributed by atoms with E-state index in [2.05, 4.69) is 0 Å². The molecule has 0 amide bonds. The molecule has 2 aromatic rings. The molecule has 1 aliphatic carbocycles. The summed E-state index contributed by atoms with van der Waals surface area (Å²) in [6.45, 7) is 1.99. The number of aryl methyl sites for hydroxylation is 1. The van der Waals surface area contributed by atoms with Crippen LogP contribution >= 0.6 is 11.6 Å². The fourth-order valence-corrected chi connectivity index (χ4v) is 2.79. The van der Waals surface area contributed by atoms with Gasteiger partial charge in [-0.15, -0.1) is 11.6 Å². The van der Waals surface area contributed by atoms with Gasteiger partial charge >= 0.3 is 0 Å². The third-order valence-corrected chi connectivity index (χ3v) is 3.62. The Bertz CT molecular complexity index is 523. The van der Waals surface area contributed by atoms with Crippen LogP contribution < -0.4 is 0 Å². The summed E-state index contributed by atoms with van der Waals surface area (Å²) in [5.74, 6) is -0.184. The first-order valence-electron chi connectivity index (χ1n) is 5.22. The topological polar surface area (TPSA) is 0 Å². The first kappa shape index (κ1) is 9.86. The Morgan fingerprint density at radius 3 is 2.38 bits per heavy atom. The summed E-state index contributed by atoms with van der Waals surface area (Å²) < 4.78 is 13.9. The van der Waals surface area contributed by atoms with Crippen LogP contribution in [0.1, 0.15) is 22.1 Å². The molecule has 2 heteroatoms. The van der Waals surface area contributed by atoms with Gasteiger partial charge in [-0.1, -0.05) is 30.3 Å². The lowest BCUT2D eigenvalue weighted by molar-refractivity contribution is 0.630. The van der Waals surface area contributed by atoms with Crippen LogP contribution in [0.2, 0.25) is 0 Å². The summed E-state index contributed by atoms with van der Waals surface area (Å²) in [4.78, 5) is 0. The van der Waals surface area contributed by atoms with E-state index in [4.69, 9.17) is 11.6 Å². The lowest BCUT2D eigenvalue weighted by Crippen LogP contribution is -1.86. The van der Waals surface area contributed by atoms with Crippen LogP contribution in [-0.2, 0) is 0 Å². The van der Waals surface area contributed by atoms with Crippen molar-refractivity contribution in [1.29, 1.82) is 0 Å². The second-order valence-corrected chi connectivity index (χ2v) is 4.54. The van der Waals surface area contributed by atoms with Crippen molar-refractivity contribution in [2.45, 2.75) is 12.3 Å². The molecule has 0 radical (unpaired) electrons. The van der Waals surface area contributed by atoms with Crippen molar-refractivity contribution in [3.63, 3.8) is 0 Å². The maximum Gasteiger partial charge on any atom is 0.131 e. The van der Waals surface area contributed by atoms with E-state index >= 15 is 0 Å². The van der Waals surface area contributed by atoms with E-state index in [1.807, 2.05) is 31.2 Å². The van der Waals surface area contributed by atoms with Crippen LogP contribution in [0.15, 0.2) is 36.4 Å². The molecule has 80 valence electrons. The van der Waals surface area contributed by atoms with Crippen molar-refractivity contribution >= 4 is 11.6 Å². The van der Waals surface area contributed by atoms with E-state index in [1.54, 1.807) is 6.07 Å². The lowest BCUT2D eigenvalue weighted by Gasteiger charge is -2.05. The molecule has 0 bridgehead atoms. The summed E-state index contributed by atoms with van der Waals surface area (Å²) in [5, 5.41) is -0.222. The van der Waals surface area contributed by atoms with Crippen LogP contribution in [0.4, 0.5) is 4.39 Å². The predicted octanol–water partition coefficient (Wildman–Crippen LogP) is 4.44. The maximum absolute atomic E-state index is 13.9. The van der Waals surface area contributed by atoms with Gasteiger partial charge in [0, 0.05) is 5.56 Å². The quantitative estimate of drug-likeness (QED) is 0.589. The molecule has 1 unspecified atom stereocenters. The average molecular weight is 233 g/mol. The summed E-state index contributed by atoms with van der Waals surface area (Å²) in [7, 11) is 0. The lowest BCUT2D eigenvalue weighted by atomic mass is 10.0. The molecule has 0 aliphatic heterocycles. The first-order valence-corrected chi connectivity index (χ1v) is 5.66. The van der Waals surface area contributed by atoms with E-state index in [1.165, 1.54) is 6.07 Å². The largest absolute Gasteiger partial charge is 0.206 e. The second-order valence-electron chi connectivity index (χ2n) is 4.11. The number of benzene rings is 2. The molecule has 2 aromatic carbocycles. The van der Waals surface area contributed by atoms with Gasteiger partial charge in [0.1, 0.15) is 5.82 Å². The summed E-state index contributed by atoms with van der Waals surface area (Å²) >= 11 is 6.35. The smallest absolute Gasteiger partial charge is 0.131 e. The molecule has 1 aliphatic rings. The zero-order valence-electron chi connectivity index (χ0n) is 8.80. The number of alkyl halides is 1. The van der Waals surface area contributed by atoms with Gasteiger partial charge in [0.05, 0.1) is 5.38 Å². The van der Waals surface area contributed by atoms with Crippen LogP contribution in [0, 0.1) is 12.7 Å². The van der Waals surface area contributed by atoms with Crippen molar-refractivity contribution in [3.05, 3.63) is 58.9 Å². The van der Waals surface area contributed by atoms with Crippen LogP contribution in [0.5, 0.6) is 0 Å². The van der Waals surface area contributed by atoms with Gasteiger partial charge in [-0.05, 0) is 35.2 Å². The Kier molecular flexibility index (Phi) is 2.05. The van der Waals surface area contributed by atoms with E-state index in [9.17, 15) is 4.39 Å². The van der Waals surface area contributed by atoms with Gasteiger partial charge in [-0.3, -0.25) is 0 Å². The van der Waals surface area contributed by atoms with Crippen molar-refractivity contribution in [3.8, 4) is 11.1 Å². The molecule has 0 aromatic heterocycles. The SMILES string of the molecule is Cc1cccc2c1-c1c(F)cccc1C2Cl. The maximum atomic E-state index is 13.9. The van der Waals surface area contributed by atoms with E-state index in [-0.39, 0.29) is 11.2 Å². The minimum absolute atomic E-state index is 0.184.